The minimum absolute atomic E-state index is 0.0142. The monoisotopic (exact) mass is 548 g/mol. The Morgan fingerprint density at radius 2 is 1.85 bits per heavy atom. The van der Waals surface area contributed by atoms with Crippen LogP contribution in [-0.2, 0) is 11.3 Å². The summed E-state index contributed by atoms with van der Waals surface area (Å²) in [5.41, 5.74) is 1.50. The minimum atomic E-state index is -0.417. The number of rotatable bonds is 7. The van der Waals surface area contributed by atoms with Crippen molar-refractivity contribution in [2.24, 2.45) is 0 Å². The van der Waals surface area contributed by atoms with Crippen LogP contribution >= 0.6 is 38.9 Å². The number of nitro benzene ring substituents is 1. The normalized spacial score (nSPS) is 13.8. The summed E-state index contributed by atoms with van der Waals surface area (Å²) in [6.45, 7) is 2.98. The Morgan fingerprint density at radius 3 is 2.48 bits per heavy atom. The molecular weight excluding hydrogens is 528 g/mol. The summed E-state index contributed by atoms with van der Waals surface area (Å²) < 4.78 is 0.987. The zero-order chi connectivity index (χ0) is 23.4. The summed E-state index contributed by atoms with van der Waals surface area (Å²) in [4.78, 5) is 31.2. The molecule has 1 aliphatic rings. The lowest BCUT2D eigenvalue weighted by molar-refractivity contribution is -0.384. The van der Waals surface area contributed by atoms with E-state index in [9.17, 15) is 14.9 Å². The molecule has 0 bridgehead atoms. The van der Waals surface area contributed by atoms with E-state index in [1.807, 2.05) is 45.5 Å². The molecule has 4 rings (SSSR count). The minimum Gasteiger partial charge on any atom is -0.362 e. The predicted octanol–water partition coefficient (Wildman–Crippen LogP) is 5.43. The maximum absolute atomic E-state index is 13.2. The number of amides is 1. The van der Waals surface area contributed by atoms with Crippen LogP contribution in [-0.4, -0.2) is 48.5 Å². The van der Waals surface area contributed by atoms with E-state index in [0.29, 0.717) is 43.4 Å². The van der Waals surface area contributed by atoms with Gasteiger partial charge < -0.3 is 14.7 Å². The molecule has 0 N–H and O–H groups in total. The Kier molecular flexibility index (Phi) is 7.52. The third kappa shape index (κ3) is 5.85. The number of halogens is 2. The maximum atomic E-state index is 13.2. The van der Waals surface area contributed by atoms with Crippen molar-refractivity contribution in [2.75, 3.05) is 42.5 Å². The van der Waals surface area contributed by atoms with Gasteiger partial charge in [0, 0.05) is 52.3 Å². The van der Waals surface area contributed by atoms with Crippen LogP contribution in [0, 0.1) is 10.1 Å². The van der Waals surface area contributed by atoms with Gasteiger partial charge in [-0.25, -0.2) is 0 Å². The fourth-order valence-electron chi connectivity index (χ4n) is 3.85. The highest BCUT2D eigenvalue weighted by molar-refractivity contribution is 9.10. The molecule has 0 atom stereocenters. The number of thiophene rings is 1. The topological polar surface area (TPSA) is 69.9 Å². The first-order valence-electron chi connectivity index (χ1n) is 10.4. The van der Waals surface area contributed by atoms with Crippen molar-refractivity contribution in [1.29, 1.82) is 0 Å². The first-order chi connectivity index (χ1) is 15.9. The zero-order valence-corrected chi connectivity index (χ0v) is 20.9. The second-order valence-electron chi connectivity index (χ2n) is 7.67. The van der Waals surface area contributed by atoms with Gasteiger partial charge in [-0.1, -0.05) is 33.6 Å². The van der Waals surface area contributed by atoms with Gasteiger partial charge in [-0.2, -0.15) is 0 Å². The molecule has 2 aromatic carbocycles. The van der Waals surface area contributed by atoms with E-state index in [4.69, 9.17) is 11.6 Å². The van der Waals surface area contributed by atoms with Gasteiger partial charge >= 0.3 is 0 Å². The lowest BCUT2D eigenvalue weighted by Crippen LogP contribution is -2.51. The van der Waals surface area contributed by atoms with Crippen LogP contribution in [0.5, 0.6) is 0 Å². The van der Waals surface area contributed by atoms with Crippen LogP contribution in [0.4, 0.5) is 17.1 Å². The summed E-state index contributed by atoms with van der Waals surface area (Å²) in [5.74, 6) is 0.0414. The van der Waals surface area contributed by atoms with E-state index in [1.54, 1.807) is 23.5 Å². The van der Waals surface area contributed by atoms with Gasteiger partial charge in [0.25, 0.3) is 5.69 Å². The molecule has 33 heavy (non-hydrogen) atoms. The highest BCUT2D eigenvalue weighted by atomic mass is 79.9. The molecule has 2 heterocycles. The number of anilines is 2. The largest absolute Gasteiger partial charge is 0.362 e. The van der Waals surface area contributed by atoms with Gasteiger partial charge in [-0.05, 0) is 47.8 Å². The van der Waals surface area contributed by atoms with E-state index in [-0.39, 0.29) is 18.1 Å². The predicted molar refractivity (Wildman–Crippen MR) is 136 cm³/mol. The van der Waals surface area contributed by atoms with Crippen molar-refractivity contribution in [3.8, 4) is 0 Å². The van der Waals surface area contributed by atoms with E-state index >= 15 is 0 Å². The van der Waals surface area contributed by atoms with Crippen molar-refractivity contribution in [3.05, 3.63) is 84.5 Å². The molecule has 0 spiro atoms. The molecule has 1 saturated heterocycles. The van der Waals surface area contributed by atoms with Gasteiger partial charge in [0.05, 0.1) is 18.0 Å². The van der Waals surface area contributed by atoms with E-state index in [2.05, 4.69) is 26.9 Å². The molecule has 1 fully saturated rings. The molecule has 0 unspecified atom stereocenters. The molecule has 0 aliphatic carbocycles. The number of carbonyl (C=O) groups is 1. The van der Waals surface area contributed by atoms with Gasteiger partial charge in [0.15, 0.2) is 0 Å². The number of hydrogen-bond donors (Lipinski definition) is 0. The van der Waals surface area contributed by atoms with Gasteiger partial charge in [0.2, 0.25) is 5.91 Å². The van der Waals surface area contributed by atoms with E-state index in [0.717, 1.165) is 10.2 Å². The SMILES string of the molecule is O=C(CN(Cc1cccs1)c1ccc(Br)cc1)N1CCN(c2ccc(Cl)cc2[N+](=O)[O-])CC1. The van der Waals surface area contributed by atoms with Crippen molar-refractivity contribution < 1.29 is 9.72 Å². The Bertz CT molecular complexity index is 1120. The number of nitro groups is 1. The summed E-state index contributed by atoms with van der Waals surface area (Å²) in [6, 6.07) is 16.7. The molecule has 172 valence electrons. The Hall–Kier alpha value is -2.62. The van der Waals surface area contributed by atoms with Crippen LogP contribution in [0.3, 0.4) is 0 Å². The van der Waals surface area contributed by atoms with Crippen LogP contribution < -0.4 is 9.80 Å². The lowest BCUT2D eigenvalue weighted by Gasteiger charge is -2.37. The molecular formula is C23H22BrClN4O3S. The Balaban J connectivity index is 1.43. The summed E-state index contributed by atoms with van der Waals surface area (Å²) in [5, 5.41) is 13.8. The third-order valence-corrected chi connectivity index (χ3v) is 7.18. The van der Waals surface area contributed by atoms with E-state index < -0.39 is 4.92 Å². The molecule has 0 radical (unpaired) electrons. The summed E-state index contributed by atoms with van der Waals surface area (Å²) in [6.07, 6.45) is 0. The molecule has 1 aliphatic heterocycles. The van der Waals surface area contributed by atoms with Gasteiger partial charge in [-0.15, -0.1) is 11.3 Å². The average molecular weight is 550 g/mol. The summed E-state index contributed by atoms with van der Waals surface area (Å²) in [7, 11) is 0. The van der Waals surface area contributed by atoms with Crippen LogP contribution in [0.1, 0.15) is 4.88 Å². The quantitative estimate of drug-likeness (QED) is 0.290. The lowest BCUT2D eigenvalue weighted by atomic mass is 10.2. The van der Waals surface area contributed by atoms with E-state index in [1.165, 1.54) is 10.9 Å². The highest BCUT2D eigenvalue weighted by Crippen LogP contribution is 2.31. The highest BCUT2D eigenvalue weighted by Gasteiger charge is 2.27. The van der Waals surface area contributed by atoms with Crippen molar-refractivity contribution in [1.82, 2.24) is 4.90 Å². The standard InChI is InChI=1S/C23H22BrClN4O3S/c24-17-3-6-19(7-4-17)28(15-20-2-1-13-33-20)16-23(30)27-11-9-26(10-12-27)21-8-5-18(25)14-22(21)29(31)32/h1-8,13-14H,9-12,15-16H2. The van der Waals surface area contributed by atoms with Crippen molar-refractivity contribution >= 4 is 61.8 Å². The zero-order valence-electron chi connectivity index (χ0n) is 17.7. The number of benzene rings is 2. The third-order valence-electron chi connectivity index (χ3n) is 5.55. The first-order valence-corrected chi connectivity index (χ1v) is 12.5. The molecule has 1 aromatic heterocycles. The number of nitrogens with zero attached hydrogens (tertiary/aromatic N) is 4. The van der Waals surface area contributed by atoms with Crippen LogP contribution in [0.2, 0.25) is 5.02 Å². The maximum Gasteiger partial charge on any atom is 0.294 e. The summed E-state index contributed by atoms with van der Waals surface area (Å²) >= 11 is 11.1. The molecule has 0 saturated carbocycles. The smallest absolute Gasteiger partial charge is 0.294 e. The Morgan fingerprint density at radius 1 is 1.12 bits per heavy atom. The molecule has 10 heteroatoms. The first kappa shape index (κ1) is 23.5. The molecule has 7 nitrogen and oxygen atoms in total. The van der Waals surface area contributed by atoms with Crippen LogP contribution in [0.15, 0.2) is 64.5 Å². The fraction of sp³-hybridized carbons (Fsp3) is 0.261. The van der Waals surface area contributed by atoms with Gasteiger partial charge in [-0.3, -0.25) is 14.9 Å². The van der Waals surface area contributed by atoms with Crippen LogP contribution in [0.25, 0.3) is 0 Å². The second kappa shape index (κ2) is 10.5. The Labute approximate surface area is 209 Å². The fourth-order valence-corrected chi connectivity index (χ4v) is 5.00. The number of carbonyl (C=O) groups excluding carboxylic acids is 1. The van der Waals surface area contributed by atoms with Gasteiger partial charge in [0.1, 0.15) is 5.69 Å². The molecule has 1 amide bonds. The molecule has 3 aromatic rings. The average Bonchev–Trinajstić information content (AvgIpc) is 3.32. The van der Waals surface area contributed by atoms with Crippen molar-refractivity contribution in [3.63, 3.8) is 0 Å². The number of hydrogen-bond acceptors (Lipinski definition) is 6. The second-order valence-corrected chi connectivity index (χ2v) is 10.1. The van der Waals surface area contributed by atoms with Crippen molar-refractivity contribution in [2.45, 2.75) is 6.54 Å². The number of piperazine rings is 1.